The van der Waals surface area contributed by atoms with E-state index < -0.39 is 15.6 Å². The normalized spacial score (nSPS) is 15.0. The van der Waals surface area contributed by atoms with E-state index in [1.165, 1.54) is 0 Å². The largest absolute Gasteiger partial charge is 0.389 e. The first-order valence-corrected chi connectivity index (χ1v) is 8.69. The molecule has 0 saturated carbocycles. The highest BCUT2D eigenvalue weighted by atomic mass is 35.5. The molecule has 0 aromatic heterocycles. The predicted octanol–water partition coefficient (Wildman–Crippen LogP) is 2.30. The molecule has 0 aliphatic heterocycles. The molecule has 1 aromatic carbocycles. The van der Waals surface area contributed by atoms with Gasteiger partial charge < -0.3 is 5.11 Å². The van der Waals surface area contributed by atoms with Crippen molar-refractivity contribution >= 4 is 21.6 Å². The molecule has 0 spiro atoms. The minimum Gasteiger partial charge on any atom is -0.389 e. The number of benzene rings is 1. The Bertz CT molecular complexity index is 512. The van der Waals surface area contributed by atoms with Crippen molar-refractivity contribution in [3.05, 3.63) is 29.8 Å². The van der Waals surface area contributed by atoms with Crippen molar-refractivity contribution in [3.63, 3.8) is 0 Å². The molecule has 0 saturated heterocycles. The van der Waals surface area contributed by atoms with Crippen LogP contribution in [0.5, 0.6) is 0 Å². The van der Waals surface area contributed by atoms with Gasteiger partial charge in [-0.05, 0) is 37.5 Å². The van der Waals surface area contributed by atoms with Gasteiger partial charge in [0.2, 0.25) is 10.0 Å². The van der Waals surface area contributed by atoms with Gasteiger partial charge in [0, 0.05) is 12.4 Å². The van der Waals surface area contributed by atoms with E-state index in [4.69, 9.17) is 11.6 Å². The number of rotatable bonds is 8. The van der Waals surface area contributed by atoms with E-state index in [2.05, 4.69) is 4.72 Å². The van der Waals surface area contributed by atoms with Gasteiger partial charge in [-0.1, -0.05) is 25.5 Å². The van der Waals surface area contributed by atoms with Crippen molar-refractivity contribution in [1.29, 1.82) is 0 Å². The molecule has 0 bridgehead atoms. The molecule has 1 atom stereocenters. The van der Waals surface area contributed by atoms with E-state index >= 15 is 0 Å². The van der Waals surface area contributed by atoms with Gasteiger partial charge in [0.1, 0.15) is 0 Å². The van der Waals surface area contributed by atoms with Crippen molar-refractivity contribution < 1.29 is 13.5 Å². The Labute approximate surface area is 126 Å². The molecule has 1 rings (SSSR count). The highest BCUT2D eigenvalue weighted by molar-refractivity contribution is 7.89. The van der Waals surface area contributed by atoms with E-state index in [1.807, 2.05) is 6.92 Å². The van der Waals surface area contributed by atoms with Crippen molar-refractivity contribution in [2.75, 3.05) is 12.4 Å². The number of nitrogens with one attached hydrogen (secondary N) is 1. The molecule has 4 nitrogen and oxygen atoms in total. The highest BCUT2D eigenvalue weighted by Gasteiger charge is 2.23. The molecule has 0 heterocycles. The summed E-state index contributed by atoms with van der Waals surface area (Å²) in [6.45, 7) is 3.58. The standard InChI is InChI=1S/C14H22ClNO3S/c1-3-9-14(2,17)11-16-20(18,19)13-6-4-12(5-7-13)8-10-15/h4-7,16-17H,3,8-11H2,1-2H3. The number of halogens is 1. The fourth-order valence-electron chi connectivity index (χ4n) is 1.91. The van der Waals surface area contributed by atoms with Crippen LogP contribution in [0.3, 0.4) is 0 Å². The number of alkyl halides is 1. The zero-order chi connectivity index (χ0) is 15.2. The fraction of sp³-hybridized carbons (Fsp3) is 0.571. The Hall–Kier alpha value is -0.620. The van der Waals surface area contributed by atoms with Crippen molar-refractivity contribution in [3.8, 4) is 0 Å². The lowest BCUT2D eigenvalue weighted by Gasteiger charge is -2.22. The second-order valence-electron chi connectivity index (χ2n) is 5.15. The number of sulfonamides is 1. The van der Waals surface area contributed by atoms with E-state index in [0.29, 0.717) is 18.7 Å². The minimum absolute atomic E-state index is 0.00655. The second kappa shape index (κ2) is 7.41. The van der Waals surface area contributed by atoms with Crippen LogP contribution in [0.4, 0.5) is 0 Å². The Kier molecular flexibility index (Phi) is 6.45. The monoisotopic (exact) mass is 319 g/mol. The lowest BCUT2D eigenvalue weighted by atomic mass is 10.0. The third-order valence-corrected chi connectivity index (χ3v) is 4.65. The molecular formula is C14H22ClNO3S. The number of hydrogen-bond acceptors (Lipinski definition) is 3. The molecule has 1 unspecified atom stereocenters. The SMILES string of the molecule is CCCC(C)(O)CNS(=O)(=O)c1ccc(CCCl)cc1. The summed E-state index contributed by atoms with van der Waals surface area (Å²) >= 11 is 5.64. The molecule has 0 radical (unpaired) electrons. The summed E-state index contributed by atoms with van der Waals surface area (Å²) in [5, 5.41) is 10.00. The highest BCUT2D eigenvalue weighted by Crippen LogP contribution is 2.14. The van der Waals surface area contributed by atoms with Gasteiger partial charge in [-0.3, -0.25) is 0 Å². The van der Waals surface area contributed by atoms with Crippen LogP contribution < -0.4 is 4.72 Å². The van der Waals surface area contributed by atoms with E-state index in [-0.39, 0.29) is 11.4 Å². The smallest absolute Gasteiger partial charge is 0.240 e. The second-order valence-corrected chi connectivity index (χ2v) is 7.30. The molecule has 2 N–H and O–H groups in total. The predicted molar refractivity (Wildman–Crippen MR) is 81.6 cm³/mol. The van der Waals surface area contributed by atoms with Gasteiger partial charge in [0.15, 0.2) is 0 Å². The van der Waals surface area contributed by atoms with Gasteiger partial charge >= 0.3 is 0 Å². The maximum absolute atomic E-state index is 12.1. The molecule has 1 aromatic rings. The quantitative estimate of drug-likeness (QED) is 0.723. The lowest BCUT2D eigenvalue weighted by Crippen LogP contribution is -2.40. The van der Waals surface area contributed by atoms with Crippen molar-refractivity contribution in [2.24, 2.45) is 0 Å². The zero-order valence-corrected chi connectivity index (χ0v) is 13.5. The Morgan fingerprint density at radius 3 is 2.40 bits per heavy atom. The van der Waals surface area contributed by atoms with Gasteiger partial charge in [-0.25, -0.2) is 13.1 Å². The number of hydrogen-bond donors (Lipinski definition) is 2. The van der Waals surface area contributed by atoms with E-state index in [1.54, 1.807) is 31.2 Å². The fourth-order valence-corrected chi connectivity index (χ4v) is 3.29. The minimum atomic E-state index is -3.59. The molecule has 0 aliphatic rings. The van der Waals surface area contributed by atoms with Crippen molar-refractivity contribution in [2.45, 2.75) is 43.6 Å². The summed E-state index contributed by atoms with van der Waals surface area (Å²) in [5.74, 6) is 0.504. The Balaban J connectivity index is 2.73. The summed E-state index contributed by atoms with van der Waals surface area (Å²) in [6, 6.07) is 6.61. The average molecular weight is 320 g/mol. The average Bonchev–Trinajstić information content (AvgIpc) is 2.38. The van der Waals surface area contributed by atoms with Gasteiger partial charge in [0.25, 0.3) is 0 Å². The number of aryl methyl sites for hydroxylation is 1. The van der Waals surface area contributed by atoms with Crippen LogP contribution in [0.25, 0.3) is 0 Å². The third-order valence-electron chi connectivity index (χ3n) is 3.05. The molecule has 0 amide bonds. The van der Waals surface area contributed by atoms with Crippen LogP contribution in [-0.2, 0) is 16.4 Å². The summed E-state index contributed by atoms with van der Waals surface area (Å²) < 4.78 is 26.7. The molecule has 0 aliphatic carbocycles. The van der Waals surface area contributed by atoms with Crippen LogP contribution in [-0.4, -0.2) is 31.6 Å². The van der Waals surface area contributed by atoms with Gasteiger partial charge in [-0.15, -0.1) is 11.6 Å². The Morgan fingerprint density at radius 1 is 1.30 bits per heavy atom. The van der Waals surface area contributed by atoms with Crippen LogP contribution in [0, 0.1) is 0 Å². The van der Waals surface area contributed by atoms with Crippen LogP contribution >= 0.6 is 11.6 Å². The maximum atomic E-state index is 12.1. The maximum Gasteiger partial charge on any atom is 0.240 e. The summed E-state index contributed by atoms with van der Waals surface area (Å²) in [6.07, 6.45) is 2.05. The Morgan fingerprint density at radius 2 is 1.90 bits per heavy atom. The van der Waals surface area contributed by atoms with Gasteiger partial charge in [0.05, 0.1) is 10.5 Å². The van der Waals surface area contributed by atoms with E-state index in [9.17, 15) is 13.5 Å². The van der Waals surface area contributed by atoms with Gasteiger partial charge in [-0.2, -0.15) is 0 Å². The van der Waals surface area contributed by atoms with Crippen LogP contribution in [0.1, 0.15) is 32.3 Å². The zero-order valence-electron chi connectivity index (χ0n) is 11.9. The summed E-state index contributed by atoms with van der Waals surface area (Å²) in [5.41, 5.74) is -0.0302. The molecule has 114 valence electrons. The first-order valence-electron chi connectivity index (χ1n) is 6.68. The third kappa shape index (κ3) is 5.40. The number of aliphatic hydroxyl groups is 1. The first kappa shape index (κ1) is 17.4. The van der Waals surface area contributed by atoms with Crippen LogP contribution in [0.2, 0.25) is 0 Å². The molecule has 0 fully saturated rings. The van der Waals surface area contributed by atoms with Crippen LogP contribution in [0.15, 0.2) is 29.2 Å². The summed E-state index contributed by atoms with van der Waals surface area (Å²) in [4.78, 5) is 0.197. The van der Waals surface area contributed by atoms with Crippen molar-refractivity contribution in [1.82, 2.24) is 4.72 Å². The molecular weight excluding hydrogens is 298 g/mol. The lowest BCUT2D eigenvalue weighted by molar-refractivity contribution is 0.0554. The molecule has 20 heavy (non-hydrogen) atoms. The van der Waals surface area contributed by atoms with E-state index in [0.717, 1.165) is 12.0 Å². The first-order chi connectivity index (χ1) is 9.30. The topological polar surface area (TPSA) is 66.4 Å². The summed E-state index contributed by atoms with van der Waals surface area (Å²) in [7, 11) is -3.59. The molecule has 6 heteroatoms.